The minimum Gasteiger partial charge on any atom is -0.294 e. The highest BCUT2D eigenvalue weighted by Gasteiger charge is 2.19. The summed E-state index contributed by atoms with van der Waals surface area (Å²) in [5.74, 6) is 0. The number of nitrogens with zero attached hydrogens (tertiary/aromatic N) is 3. The number of nitrogens with one attached hydrogen (secondary N) is 1. The van der Waals surface area contributed by atoms with Crippen molar-refractivity contribution in [2.75, 3.05) is 0 Å². The fraction of sp³-hybridized carbons (Fsp3) is 0.421. The lowest BCUT2D eigenvalue weighted by molar-refractivity contribution is 0.363. The lowest BCUT2D eigenvalue weighted by Gasteiger charge is -2.21. The molecule has 1 fully saturated rings. The Bertz CT molecular complexity index is 873. The van der Waals surface area contributed by atoms with Crippen molar-refractivity contribution in [3.05, 3.63) is 47.0 Å². The molecule has 0 aliphatic heterocycles. The van der Waals surface area contributed by atoms with Crippen molar-refractivity contribution in [2.45, 2.75) is 51.0 Å². The number of aromatic nitrogens is 4. The summed E-state index contributed by atoms with van der Waals surface area (Å²) in [6.45, 7) is 0. The highest BCUT2D eigenvalue weighted by molar-refractivity contribution is 5.88. The van der Waals surface area contributed by atoms with E-state index in [1.165, 1.54) is 32.1 Å². The van der Waals surface area contributed by atoms with Gasteiger partial charge in [0.2, 0.25) is 0 Å². The third-order valence-electron chi connectivity index (χ3n) is 5.02. The van der Waals surface area contributed by atoms with E-state index in [9.17, 15) is 4.79 Å². The smallest absolute Gasteiger partial charge is 0.279 e. The fourth-order valence-electron chi connectivity index (χ4n) is 3.68. The van der Waals surface area contributed by atoms with Gasteiger partial charge in [-0.2, -0.15) is 5.10 Å². The van der Waals surface area contributed by atoms with Crippen LogP contribution in [0.2, 0.25) is 0 Å². The van der Waals surface area contributed by atoms with E-state index in [2.05, 4.69) is 15.2 Å². The Morgan fingerprint density at radius 1 is 1.00 bits per heavy atom. The zero-order valence-electron chi connectivity index (χ0n) is 13.7. The molecule has 1 saturated carbocycles. The first-order chi connectivity index (χ1) is 11.8. The van der Waals surface area contributed by atoms with E-state index in [0.717, 1.165) is 24.1 Å². The molecule has 0 radical (unpaired) electrons. The first-order valence-corrected chi connectivity index (χ1v) is 8.85. The van der Waals surface area contributed by atoms with Crippen molar-refractivity contribution in [3.8, 4) is 11.3 Å². The van der Waals surface area contributed by atoms with Gasteiger partial charge in [-0.15, -0.1) is 0 Å². The van der Waals surface area contributed by atoms with Crippen LogP contribution in [0.5, 0.6) is 0 Å². The first kappa shape index (κ1) is 15.1. The molecular formula is C19H22N4O. The van der Waals surface area contributed by atoms with Gasteiger partial charge in [0, 0.05) is 11.6 Å². The number of rotatable bonds is 2. The second-order valence-electron chi connectivity index (χ2n) is 6.62. The Labute approximate surface area is 140 Å². The van der Waals surface area contributed by atoms with Gasteiger partial charge in [0.15, 0.2) is 0 Å². The molecule has 1 aliphatic rings. The maximum atomic E-state index is 12.9. The van der Waals surface area contributed by atoms with Crippen LogP contribution in [-0.4, -0.2) is 19.7 Å². The standard InChI is InChI=1S/C19H22N4O/c24-19-18-17(16(21-22-18)14-9-5-4-6-10-14)20-13-23(19)15-11-7-2-1-3-8-12-15/h4-6,9-10,13,15H,1-3,7-8,11-12H2,(H,21,22). The van der Waals surface area contributed by atoms with Gasteiger partial charge in [-0.25, -0.2) is 4.98 Å². The SMILES string of the molecule is O=c1c2[nH]nc(-c3ccccc3)c2ncn1C1CCCCCCC1. The molecule has 0 unspecified atom stereocenters. The third kappa shape index (κ3) is 2.75. The average Bonchev–Trinajstić information content (AvgIpc) is 3.01. The van der Waals surface area contributed by atoms with Gasteiger partial charge in [0.25, 0.3) is 5.56 Å². The van der Waals surface area contributed by atoms with Crippen LogP contribution in [0.1, 0.15) is 51.0 Å². The molecular weight excluding hydrogens is 300 g/mol. The molecule has 5 heteroatoms. The molecule has 4 rings (SSSR count). The summed E-state index contributed by atoms with van der Waals surface area (Å²) in [5.41, 5.74) is 2.89. The van der Waals surface area contributed by atoms with Crippen LogP contribution in [0, 0.1) is 0 Å². The van der Waals surface area contributed by atoms with Gasteiger partial charge in [0.05, 0.1) is 6.33 Å². The minimum absolute atomic E-state index is 0.000236. The Kier molecular flexibility index (Phi) is 4.15. The quantitative estimate of drug-likeness (QED) is 0.773. The molecule has 0 saturated heterocycles. The average molecular weight is 322 g/mol. The van der Waals surface area contributed by atoms with E-state index < -0.39 is 0 Å². The molecule has 5 nitrogen and oxygen atoms in total. The van der Waals surface area contributed by atoms with Crippen LogP contribution in [0.3, 0.4) is 0 Å². The van der Waals surface area contributed by atoms with Crippen LogP contribution in [0.25, 0.3) is 22.3 Å². The molecule has 1 aromatic carbocycles. The molecule has 3 aromatic rings. The summed E-state index contributed by atoms with van der Waals surface area (Å²) in [6, 6.07) is 10.1. The molecule has 1 N–H and O–H groups in total. The second kappa shape index (κ2) is 6.59. The molecule has 2 heterocycles. The van der Waals surface area contributed by atoms with Crippen molar-refractivity contribution in [3.63, 3.8) is 0 Å². The summed E-state index contributed by atoms with van der Waals surface area (Å²) in [5, 5.41) is 7.26. The zero-order chi connectivity index (χ0) is 16.4. The third-order valence-corrected chi connectivity index (χ3v) is 5.02. The van der Waals surface area contributed by atoms with Crippen LogP contribution >= 0.6 is 0 Å². The number of benzene rings is 1. The molecule has 1 aliphatic carbocycles. The summed E-state index contributed by atoms with van der Waals surface area (Å²) >= 11 is 0. The predicted molar refractivity (Wildman–Crippen MR) is 94.9 cm³/mol. The van der Waals surface area contributed by atoms with E-state index in [0.29, 0.717) is 11.0 Å². The van der Waals surface area contributed by atoms with E-state index in [-0.39, 0.29) is 11.6 Å². The van der Waals surface area contributed by atoms with Crippen molar-refractivity contribution in [2.24, 2.45) is 0 Å². The Hall–Kier alpha value is -2.43. The molecule has 124 valence electrons. The molecule has 24 heavy (non-hydrogen) atoms. The van der Waals surface area contributed by atoms with E-state index in [1.54, 1.807) is 6.33 Å². The maximum absolute atomic E-state index is 12.9. The fourth-order valence-corrected chi connectivity index (χ4v) is 3.68. The van der Waals surface area contributed by atoms with E-state index >= 15 is 0 Å². The lowest BCUT2D eigenvalue weighted by Crippen LogP contribution is -2.26. The summed E-state index contributed by atoms with van der Waals surface area (Å²) in [6.07, 6.45) is 10.1. The lowest BCUT2D eigenvalue weighted by atomic mass is 9.96. The summed E-state index contributed by atoms with van der Waals surface area (Å²) < 4.78 is 1.82. The summed E-state index contributed by atoms with van der Waals surface area (Å²) in [7, 11) is 0. The van der Waals surface area contributed by atoms with Gasteiger partial charge in [0.1, 0.15) is 16.7 Å². The number of fused-ring (bicyclic) bond motifs is 1. The van der Waals surface area contributed by atoms with E-state index in [4.69, 9.17) is 0 Å². The molecule has 0 atom stereocenters. The normalized spacial score (nSPS) is 16.8. The van der Waals surface area contributed by atoms with Gasteiger partial charge < -0.3 is 0 Å². The van der Waals surface area contributed by atoms with Gasteiger partial charge >= 0.3 is 0 Å². The van der Waals surface area contributed by atoms with E-state index in [1.807, 2.05) is 34.9 Å². The van der Waals surface area contributed by atoms with Crippen molar-refractivity contribution < 1.29 is 0 Å². The predicted octanol–water partition coefficient (Wildman–Crippen LogP) is 4.07. The van der Waals surface area contributed by atoms with Crippen molar-refractivity contribution in [1.29, 1.82) is 0 Å². The van der Waals surface area contributed by atoms with Crippen LogP contribution < -0.4 is 5.56 Å². The number of H-pyrrole nitrogens is 1. The van der Waals surface area contributed by atoms with Crippen molar-refractivity contribution >= 4 is 11.0 Å². The highest BCUT2D eigenvalue weighted by Crippen LogP contribution is 2.27. The molecule has 0 bridgehead atoms. The first-order valence-electron chi connectivity index (χ1n) is 8.85. The minimum atomic E-state index is 0.000236. The van der Waals surface area contributed by atoms with Gasteiger partial charge in [-0.1, -0.05) is 62.4 Å². The van der Waals surface area contributed by atoms with Gasteiger partial charge in [-0.3, -0.25) is 14.5 Å². The van der Waals surface area contributed by atoms with Crippen LogP contribution in [0.15, 0.2) is 41.5 Å². The van der Waals surface area contributed by atoms with Crippen LogP contribution in [-0.2, 0) is 0 Å². The Balaban J connectivity index is 1.75. The highest BCUT2D eigenvalue weighted by atomic mass is 16.1. The molecule has 0 spiro atoms. The molecule has 2 aromatic heterocycles. The zero-order valence-corrected chi connectivity index (χ0v) is 13.7. The number of hydrogen-bond acceptors (Lipinski definition) is 3. The van der Waals surface area contributed by atoms with Crippen molar-refractivity contribution in [1.82, 2.24) is 19.7 Å². The van der Waals surface area contributed by atoms with Crippen LogP contribution in [0.4, 0.5) is 0 Å². The Morgan fingerprint density at radius 3 is 2.46 bits per heavy atom. The second-order valence-corrected chi connectivity index (χ2v) is 6.62. The van der Waals surface area contributed by atoms with Gasteiger partial charge in [-0.05, 0) is 12.8 Å². The number of aromatic amines is 1. The largest absolute Gasteiger partial charge is 0.294 e. The topological polar surface area (TPSA) is 63.6 Å². The number of hydrogen-bond donors (Lipinski definition) is 1. The molecule has 0 amide bonds. The maximum Gasteiger partial charge on any atom is 0.279 e. The monoisotopic (exact) mass is 322 g/mol. The Morgan fingerprint density at radius 2 is 1.71 bits per heavy atom. The summed E-state index contributed by atoms with van der Waals surface area (Å²) in [4.78, 5) is 17.5.